The van der Waals surface area contributed by atoms with E-state index in [1.165, 1.54) is 0 Å². The van der Waals surface area contributed by atoms with Crippen molar-refractivity contribution in [2.75, 3.05) is 19.1 Å². The molecule has 19 heavy (non-hydrogen) atoms. The van der Waals surface area contributed by atoms with Gasteiger partial charge in [-0.25, -0.2) is 0 Å². The van der Waals surface area contributed by atoms with Crippen LogP contribution in [0.4, 0.5) is 0 Å². The standard InChI is InChI=1S/C15H28N2OS/c1-12(11-19-6)17(5)10-14-8-7-13(18-14)9-16-15(2,3)4/h7-8,12,16H,9-11H2,1-6H3. The van der Waals surface area contributed by atoms with Gasteiger partial charge in [-0.3, -0.25) is 4.90 Å². The van der Waals surface area contributed by atoms with Crippen LogP contribution < -0.4 is 5.32 Å². The van der Waals surface area contributed by atoms with Crippen molar-refractivity contribution in [3.63, 3.8) is 0 Å². The Kier molecular flexibility index (Phi) is 6.43. The van der Waals surface area contributed by atoms with Crippen molar-refractivity contribution in [2.24, 2.45) is 0 Å². The molecule has 0 aliphatic rings. The van der Waals surface area contributed by atoms with Crippen molar-refractivity contribution in [3.05, 3.63) is 23.7 Å². The summed E-state index contributed by atoms with van der Waals surface area (Å²) in [5.74, 6) is 3.20. The SMILES string of the molecule is CSCC(C)N(C)Cc1ccc(CNC(C)(C)C)o1. The van der Waals surface area contributed by atoms with Crippen molar-refractivity contribution >= 4 is 11.8 Å². The van der Waals surface area contributed by atoms with E-state index in [2.05, 4.69) is 63.3 Å². The number of nitrogens with zero attached hydrogens (tertiary/aromatic N) is 1. The summed E-state index contributed by atoms with van der Waals surface area (Å²) < 4.78 is 5.87. The highest BCUT2D eigenvalue weighted by atomic mass is 32.2. The van der Waals surface area contributed by atoms with E-state index in [0.717, 1.165) is 30.4 Å². The largest absolute Gasteiger partial charge is 0.463 e. The van der Waals surface area contributed by atoms with Crippen molar-refractivity contribution in [2.45, 2.75) is 52.4 Å². The lowest BCUT2D eigenvalue weighted by Crippen LogP contribution is -2.34. The molecule has 0 fully saturated rings. The first-order valence-electron chi connectivity index (χ1n) is 6.83. The quantitative estimate of drug-likeness (QED) is 0.831. The molecular formula is C15H28N2OS. The van der Waals surface area contributed by atoms with Crippen LogP contribution >= 0.6 is 11.8 Å². The zero-order valence-electron chi connectivity index (χ0n) is 13.1. The Balaban J connectivity index is 2.46. The molecular weight excluding hydrogens is 256 g/mol. The normalized spacial score (nSPS) is 14.1. The second kappa shape index (κ2) is 7.36. The molecule has 0 spiro atoms. The maximum atomic E-state index is 5.87. The van der Waals surface area contributed by atoms with Gasteiger partial charge in [0.05, 0.1) is 13.1 Å². The van der Waals surface area contributed by atoms with Gasteiger partial charge in [-0.05, 0) is 53.1 Å². The van der Waals surface area contributed by atoms with Gasteiger partial charge in [0.25, 0.3) is 0 Å². The molecule has 0 aromatic carbocycles. The van der Waals surface area contributed by atoms with Crippen LogP contribution in [0.5, 0.6) is 0 Å². The van der Waals surface area contributed by atoms with Crippen molar-refractivity contribution in [3.8, 4) is 0 Å². The average molecular weight is 284 g/mol. The number of thioether (sulfide) groups is 1. The lowest BCUT2D eigenvalue weighted by molar-refractivity contribution is 0.243. The maximum Gasteiger partial charge on any atom is 0.118 e. The minimum absolute atomic E-state index is 0.122. The molecule has 0 saturated heterocycles. The second-order valence-electron chi connectivity index (χ2n) is 6.19. The van der Waals surface area contributed by atoms with Gasteiger partial charge in [0.2, 0.25) is 0 Å². The fraction of sp³-hybridized carbons (Fsp3) is 0.733. The van der Waals surface area contributed by atoms with Crippen LogP contribution in [0, 0.1) is 0 Å². The Bertz CT molecular complexity index is 370. The molecule has 0 aliphatic heterocycles. The Morgan fingerprint density at radius 1 is 1.32 bits per heavy atom. The van der Waals surface area contributed by atoms with Crippen LogP contribution in [0.2, 0.25) is 0 Å². The zero-order valence-corrected chi connectivity index (χ0v) is 13.9. The van der Waals surface area contributed by atoms with Gasteiger partial charge in [0.1, 0.15) is 11.5 Å². The maximum absolute atomic E-state index is 5.87. The van der Waals surface area contributed by atoms with Crippen molar-refractivity contribution in [1.82, 2.24) is 10.2 Å². The molecule has 1 unspecified atom stereocenters. The van der Waals surface area contributed by atoms with E-state index < -0.39 is 0 Å². The number of furan rings is 1. The number of hydrogen-bond acceptors (Lipinski definition) is 4. The molecule has 4 heteroatoms. The second-order valence-corrected chi connectivity index (χ2v) is 7.10. The topological polar surface area (TPSA) is 28.4 Å². The highest BCUT2D eigenvalue weighted by molar-refractivity contribution is 7.98. The summed E-state index contributed by atoms with van der Waals surface area (Å²) in [5, 5.41) is 3.44. The smallest absolute Gasteiger partial charge is 0.118 e. The average Bonchev–Trinajstić information content (AvgIpc) is 2.73. The predicted molar refractivity (Wildman–Crippen MR) is 84.6 cm³/mol. The van der Waals surface area contributed by atoms with Crippen LogP contribution in [0.25, 0.3) is 0 Å². The van der Waals surface area contributed by atoms with Crippen LogP contribution in [-0.4, -0.2) is 35.5 Å². The Morgan fingerprint density at radius 2 is 1.95 bits per heavy atom. The van der Waals surface area contributed by atoms with Crippen LogP contribution in [0.15, 0.2) is 16.5 Å². The van der Waals surface area contributed by atoms with E-state index in [1.54, 1.807) is 0 Å². The molecule has 1 rings (SSSR count). The zero-order chi connectivity index (χ0) is 14.5. The molecule has 0 bridgehead atoms. The molecule has 0 saturated carbocycles. The van der Waals surface area contributed by atoms with E-state index in [1.807, 2.05) is 11.8 Å². The Labute approximate surface area is 122 Å². The number of nitrogens with one attached hydrogen (secondary N) is 1. The third-order valence-corrected chi connectivity index (χ3v) is 3.89. The summed E-state index contributed by atoms with van der Waals surface area (Å²) in [6, 6.07) is 4.72. The Hall–Kier alpha value is -0.450. The molecule has 3 nitrogen and oxygen atoms in total. The molecule has 110 valence electrons. The monoisotopic (exact) mass is 284 g/mol. The third kappa shape index (κ3) is 6.50. The fourth-order valence-corrected chi connectivity index (χ4v) is 2.46. The molecule has 1 aromatic rings. The minimum Gasteiger partial charge on any atom is -0.463 e. The van der Waals surface area contributed by atoms with Crippen LogP contribution in [-0.2, 0) is 13.1 Å². The first-order chi connectivity index (χ1) is 8.81. The fourth-order valence-electron chi connectivity index (χ4n) is 1.72. The minimum atomic E-state index is 0.122. The van der Waals surface area contributed by atoms with Gasteiger partial charge in [0, 0.05) is 17.3 Å². The van der Waals surface area contributed by atoms with Gasteiger partial charge in [0.15, 0.2) is 0 Å². The third-order valence-electron chi connectivity index (χ3n) is 3.08. The molecule has 1 aromatic heterocycles. The summed E-state index contributed by atoms with van der Waals surface area (Å²) >= 11 is 1.88. The predicted octanol–water partition coefficient (Wildman–Crippen LogP) is 3.35. The molecule has 1 N–H and O–H groups in total. The van der Waals surface area contributed by atoms with Crippen molar-refractivity contribution in [1.29, 1.82) is 0 Å². The molecule has 1 heterocycles. The van der Waals surface area contributed by atoms with Gasteiger partial charge in [-0.15, -0.1) is 0 Å². The lowest BCUT2D eigenvalue weighted by Gasteiger charge is -2.22. The summed E-state index contributed by atoms with van der Waals surface area (Å²) in [4.78, 5) is 2.33. The van der Waals surface area contributed by atoms with E-state index in [4.69, 9.17) is 4.42 Å². The number of rotatable bonds is 7. The molecule has 0 aliphatic carbocycles. The van der Waals surface area contributed by atoms with Gasteiger partial charge in [-0.2, -0.15) is 11.8 Å². The summed E-state index contributed by atoms with van der Waals surface area (Å²) in [5.41, 5.74) is 0.122. The summed E-state index contributed by atoms with van der Waals surface area (Å²) in [7, 11) is 2.15. The van der Waals surface area contributed by atoms with E-state index in [9.17, 15) is 0 Å². The number of hydrogen-bond donors (Lipinski definition) is 1. The highest BCUT2D eigenvalue weighted by Crippen LogP contribution is 2.13. The lowest BCUT2D eigenvalue weighted by atomic mass is 10.1. The summed E-state index contributed by atoms with van der Waals surface area (Å²) in [6.07, 6.45) is 2.15. The first-order valence-corrected chi connectivity index (χ1v) is 8.23. The molecule has 0 amide bonds. The van der Waals surface area contributed by atoms with E-state index >= 15 is 0 Å². The van der Waals surface area contributed by atoms with Gasteiger partial charge >= 0.3 is 0 Å². The van der Waals surface area contributed by atoms with Gasteiger partial charge < -0.3 is 9.73 Å². The first kappa shape index (κ1) is 16.6. The van der Waals surface area contributed by atoms with Crippen LogP contribution in [0.3, 0.4) is 0 Å². The Morgan fingerprint density at radius 3 is 2.53 bits per heavy atom. The van der Waals surface area contributed by atoms with Crippen molar-refractivity contribution < 1.29 is 4.42 Å². The van der Waals surface area contributed by atoms with E-state index in [0.29, 0.717) is 6.04 Å². The molecule has 0 radical (unpaired) electrons. The van der Waals surface area contributed by atoms with Crippen LogP contribution in [0.1, 0.15) is 39.2 Å². The van der Waals surface area contributed by atoms with Gasteiger partial charge in [-0.1, -0.05) is 0 Å². The van der Waals surface area contributed by atoms with E-state index in [-0.39, 0.29) is 5.54 Å². The molecule has 1 atom stereocenters. The highest BCUT2D eigenvalue weighted by Gasteiger charge is 2.13. The summed E-state index contributed by atoms with van der Waals surface area (Å²) in [6.45, 7) is 10.4.